The van der Waals surface area contributed by atoms with Crippen LogP contribution in [0.15, 0.2) is 0 Å². The van der Waals surface area contributed by atoms with Crippen LogP contribution in [0.2, 0.25) is 18.9 Å². The summed E-state index contributed by atoms with van der Waals surface area (Å²) in [5, 5.41) is 0. The van der Waals surface area contributed by atoms with E-state index in [9.17, 15) is 3.32 Å². The first-order chi connectivity index (χ1) is 12.5. The zero-order valence-electron chi connectivity index (χ0n) is 19.1. The third-order valence-electron chi connectivity index (χ3n) is 6.65. The van der Waals surface area contributed by atoms with Gasteiger partial charge < -0.3 is 0 Å². The molecule has 0 fully saturated rings. The number of hydrogen-bond acceptors (Lipinski definition) is 1. The van der Waals surface area contributed by atoms with Crippen molar-refractivity contribution >= 4 is 0 Å². The van der Waals surface area contributed by atoms with Gasteiger partial charge in [-0.05, 0) is 0 Å². The van der Waals surface area contributed by atoms with E-state index in [1.807, 2.05) is 0 Å². The van der Waals surface area contributed by atoms with Crippen molar-refractivity contribution in [1.29, 1.82) is 0 Å². The van der Waals surface area contributed by atoms with Crippen LogP contribution >= 0.6 is 0 Å². The normalized spacial score (nSPS) is 12.7. The molecular weight excluding hydrogens is 352 g/mol. The Balaban J connectivity index is 4.98. The minimum atomic E-state index is -3.54. The Labute approximate surface area is 167 Å². The molecule has 0 unspecified atom stereocenters. The molecule has 0 aromatic heterocycles. The molecule has 0 saturated heterocycles. The maximum atomic E-state index is 14.7. The number of rotatable bonds is 20. The summed E-state index contributed by atoms with van der Waals surface area (Å²) in [4.78, 5) is 0. The van der Waals surface area contributed by atoms with Gasteiger partial charge in [0.25, 0.3) is 0 Å². The van der Waals surface area contributed by atoms with Crippen molar-refractivity contribution in [3.8, 4) is 0 Å². The third kappa shape index (κ3) is 12.8. The zero-order valence-corrected chi connectivity index (χ0v) is 20.6. The van der Waals surface area contributed by atoms with Gasteiger partial charge in [-0.2, -0.15) is 0 Å². The minimum absolute atomic E-state index is 1.13. The van der Waals surface area contributed by atoms with Gasteiger partial charge in [0.2, 0.25) is 0 Å². The molecule has 0 heterocycles. The maximum absolute atomic E-state index is 14.7. The summed E-state index contributed by atoms with van der Waals surface area (Å²) >= 11 is -3.54. The van der Waals surface area contributed by atoms with Gasteiger partial charge in [-0.3, -0.25) is 0 Å². The van der Waals surface area contributed by atoms with Gasteiger partial charge in [0.05, 0.1) is 0 Å². The van der Waals surface area contributed by atoms with Crippen molar-refractivity contribution in [1.82, 2.24) is 0 Å². The molecule has 1 nitrogen and oxygen atoms in total. The van der Waals surface area contributed by atoms with Crippen LogP contribution in [0, 0.1) is 0 Å². The summed E-state index contributed by atoms with van der Waals surface area (Å²) in [5.41, 5.74) is 0. The van der Waals surface area contributed by atoms with Crippen LogP contribution in [0.25, 0.3) is 0 Å². The molecule has 0 aromatic carbocycles. The Morgan fingerprint density at radius 2 is 0.615 bits per heavy atom. The molecule has 0 N–H and O–H groups in total. The quantitative estimate of drug-likeness (QED) is 0.146. The van der Waals surface area contributed by atoms with E-state index in [0.29, 0.717) is 0 Å². The van der Waals surface area contributed by atoms with Gasteiger partial charge in [-0.25, -0.2) is 0 Å². The van der Waals surface area contributed by atoms with Crippen molar-refractivity contribution in [2.75, 3.05) is 0 Å². The summed E-state index contributed by atoms with van der Waals surface area (Å²) in [5.74, 6) is 0. The van der Waals surface area contributed by atoms with E-state index in [1.54, 1.807) is 0 Å². The fourth-order valence-electron chi connectivity index (χ4n) is 4.75. The van der Waals surface area contributed by atoms with Gasteiger partial charge >= 0.3 is 168 Å². The SMILES string of the molecule is CCCCC[CH2][Ti](=[O])([CH2]CCCCC)([CH2]CCCCC)[CH2]CCCCC. The van der Waals surface area contributed by atoms with Crippen LogP contribution < -0.4 is 0 Å². The van der Waals surface area contributed by atoms with E-state index >= 15 is 0 Å². The first-order valence-electron chi connectivity index (χ1n) is 12.4. The average Bonchev–Trinajstić information content (AvgIpc) is 2.64. The Morgan fingerprint density at radius 3 is 0.808 bits per heavy atom. The molecule has 0 aliphatic rings. The van der Waals surface area contributed by atoms with E-state index < -0.39 is 15.3 Å². The Bertz CT molecular complexity index is 292. The van der Waals surface area contributed by atoms with Crippen molar-refractivity contribution < 1.29 is 18.6 Å². The molecule has 0 rings (SSSR count). The van der Waals surface area contributed by atoms with Crippen LogP contribution in [-0.2, 0) is 18.6 Å². The molecule has 2 heteroatoms. The fraction of sp³-hybridized carbons (Fsp3) is 1.00. The van der Waals surface area contributed by atoms with Gasteiger partial charge in [-0.15, -0.1) is 0 Å². The third-order valence-corrected chi connectivity index (χ3v) is 16.8. The summed E-state index contributed by atoms with van der Waals surface area (Å²) in [6.07, 6.45) is 20.6. The summed E-state index contributed by atoms with van der Waals surface area (Å²) in [7, 11) is 0. The van der Waals surface area contributed by atoms with Crippen molar-refractivity contribution in [2.24, 2.45) is 0 Å². The molecule has 0 bridgehead atoms. The van der Waals surface area contributed by atoms with Gasteiger partial charge in [0, 0.05) is 0 Å². The van der Waals surface area contributed by atoms with E-state index in [4.69, 9.17) is 0 Å². The second-order valence-electron chi connectivity index (χ2n) is 9.32. The van der Waals surface area contributed by atoms with Crippen molar-refractivity contribution in [3.05, 3.63) is 0 Å². The van der Waals surface area contributed by atoms with Gasteiger partial charge in [-0.1, -0.05) is 0 Å². The predicted molar refractivity (Wildman–Crippen MR) is 116 cm³/mol. The molecule has 0 saturated carbocycles. The van der Waals surface area contributed by atoms with Gasteiger partial charge in [0.1, 0.15) is 0 Å². The van der Waals surface area contributed by atoms with E-state index in [-0.39, 0.29) is 0 Å². The van der Waals surface area contributed by atoms with Crippen LogP contribution in [0.1, 0.15) is 130 Å². The molecule has 0 spiro atoms. The molecule has 26 heavy (non-hydrogen) atoms. The second-order valence-corrected chi connectivity index (χ2v) is 18.9. The Kier molecular flexibility index (Phi) is 16.8. The van der Waals surface area contributed by atoms with Crippen LogP contribution in [-0.4, -0.2) is 0 Å². The zero-order chi connectivity index (χ0) is 19.6. The first kappa shape index (κ1) is 26.5. The molecule has 0 aromatic rings. The molecule has 0 aliphatic carbocycles. The summed E-state index contributed by atoms with van der Waals surface area (Å²) in [6.45, 7) is 9.12. The first-order valence-corrected chi connectivity index (χ1v) is 17.5. The molecule has 158 valence electrons. The molecule has 0 amide bonds. The summed E-state index contributed by atoms with van der Waals surface area (Å²) < 4.78 is 19.2. The van der Waals surface area contributed by atoms with Crippen LogP contribution in [0.4, 0.5) is 0 Å². The fourth-order valence-corrected chi connectivity index (χ4v) is 14.2. The Morgan fingerprint density at radius 1 is 0.385 bits per heavy atom. The van der Waals surface area contributed by atoms with E-state index in [2.05, 4.69) is 27.7 Å². The van der Waals surface area contributed by atoms with E-state index in [1.165, 1.54) is 103 Å². The predicted octanol–water partition coefficient (Wildman–Crippen LogP) is 10.0. The monoisotopic (exact) mass is 404 g/mol. The molecule has 0 atom stereocenters. The standard InChI is InChI=1S/4C6H13.O.Ti/c4*1-3-5-6-4-2;;/h4*1,3-6H2,2H3;;. The molecule has 0 aliphatic heterocycles. The van der Waals surface area contributed by atoms with Crippen molar-refractivity contribution in [3.63, 3.8) is 0 Å². The topological polar surface area (TPSA) is 17.1 Å². The average molecular weight is 405 g/mol. The summed E-state index contributed by atoms with van der Waals surface area (Å²) in [6, 6.07) is 0. The second kappa shape index (κ2) is 16.5. The van der Waals surface area contributed by atoms with Crippen LogP contribution in [0.3, 0.4) is 0 Å². The number of unbranched alkanes of at least 4 members (excludes halogenated alkanes) is 12. The molecule has 0 radical (unpaired) electrons. The van der Waals surface area contributed by atoms with Crippen molar-refractivity contribution in [2.45, 2.75) is 149 Å². The molecular formula is C24H52OTi. The number of hydrogen-bond donors (Lipinski definition) is 0. The van der Waals surface area contributed by atoms with Gasteiger partial charge in [0.15, 0.2) is 0 Å². The Hall–Kier alpha value is 0.514. The van der Waals surface area contributed by atoms with Crippen LogP contribution in [0.5, 0.6) is 0 Å². The van der Waals surface area contributed by atoms with E-state index in [0.717, 1.165) is 18.9 Å².